The number of likely N-dealkylation sites (N-methyl/N-ethyl adjacent to an activating group) is 1. The molecule has 144 valence electrons. The first-order valence-electron chi connectivity index (χ1n) is 8.51. The largest absolute Gasteiger partial charge is 0.369 e. The number of nitrogens with one attached hydrogen (secondary N) is 1. The summed E-state index contributed by atoms with van der Waals surface area (Å²) in [6.45, 7) is 3.20. The second-order valence-electron chi connectivity index (χ2n) is 6.66. The number of hydrogen-bond acceptors (Lipinski definition) is 5. The lowest BCUT2D eigenvalue weighted by atomic mass is 10.1. The topological polar surface area (TPSA) is 113 Å². The zero-order chi connectivity index (χ0) is 19.3. The Morgan fingerprint density at radius 2 is 1.81 bits per heavy atom. The number of piperidine rings is 1. The smallest absolute Gasteiger partial charge is 0.243 e. The van der Waals surface area contributed by atoms with Crippen molar-refractivity contribution in [1.29, 1.82) is 0 Å². The molecule has 1 heterocycles. The fourth-order valence-electron chi connectivity index (χ4n) is 2.91. The molecular weight excluding hydrogens is 356 g/mol. The van der Waals surface area contributed by atoms with Gasteiger partial charge < -0.3 is 11.1 Å². The van der Waals surface area contributed by atoms with E-state index in [1.807, 2.05) is 11.8 Å². The van der Waals surface area contributed by atoms with Gasteiger partial charge in [0.15, 0.2) is 0 Å². The maximum atomic E-state index is 12.5. The van der Waals surface area contributed by atoms with Gasteiger partial charge in [0.1, 0.15) is 0 Å². The van der Waals surface area contributed by atoms with Crippen LogP contribution in [0.4, 0.5) is 0 Å². The Hall–Kier alpha value is -1.97. The van der Waals surface area contributed by atoms with Crippen molar-refractivity contribution in [2.75, 3.05) is 33.2 Å². The van der Waals surface area contributed by atoms with Crippen LogP contribution >= 0.6 is 0 Å². The van der Waals surface area contributed by atoms with Crippen molar-refractivity contribution < 1.29 is 18.0 Å². The Bertz CT molecular complexity index is 741. The van der Waals surface area contributed by atoms with E-state index in [9.17, 15) is 18.0 Å². The number of nitrogens with zero attached hydrogens (tertiary/aromatic N) is 2. The molecule has 0 spiro atoms. The molecule has 0 radical (unpaired) electrons. The van der Waals surface area contributed by atoms with E-state index in [0.717, 1.165) is 9.87 Å². The third kappa shape index (κ3) is 5.52. The van der Waals surface area contributed by atoms with Crippen LogP contribution in [0.15, 0.2) is 29.2 Å². The summed E-state index contributed by atoms with van der Waals surface area (Å²) in [5.41, 5.74) is 6.14. The highest BCUT2D eigenvalue weighted by atomic mass is 32.2. The van der Waals surface area contributed by atoms with Crippen molar-refractivity contribution >= 4 is 21.8 Å². The Labute approximate surface area is 154 Å². The lowest BCUT2D eigenvalue weighted by Gasteiger charge is -2.31. The average molecular weight is 382 g/mol. The highest BCUT2D eigenvalue weighted by Gasteiger charge is 2.25. The molecule has 8 nitrogen and oxygen atoms in total. The molecule has 0 aromatic heterocycles. The van der Waals surface area contributed by atoms with Crippen LogP contribution in [-0.2, 0) is 19.6 Å². The first-order valence-corrected chi connectivity index (χ1v) is 9.95. The summed E-state index contributed by atoms with van der Waals surface area (Å²) in [5.74, 6) is -0.702. The van der Waals surface area contributed by atoms with Crippen molar-refractivity contribution in [3.8, 4) is 0 Å². The third-order valence-corrected chi connectivity index (χ3v) is 6.25. The van der Waals surface area contributed by atoms with Gasteiger partial charge in [-0.2, -0.15) is 4.31 Å². The molecule has 0 bridgehead atoms. The number of hydrogen-bond donors (Lipinski definition) is 2. The quantitative estimate of drug-likeness (QED) is 0.671. The van der Waals surface area contributed by atoms with Gasteiger partial charge in [-0.15, -0.1) is 0 Å². The SMILES string of the molecule is Cc1ccc(S(=O)(=O)N(C)CC(=O)NC2CCN(CC(N)=O)CC2)cc1. The van der Waals surface area contributed by atoms with E-state index in [1.54, 1.807) is 12.1 Å². The molecule has 2 rings (SSSR count). The number of carbonyl (C=O) groups is 2. The lowest BCUT2D eigenvalue weighted by molar-refractivity contribution is -0.123. The molecule has 1 aromatic carbocycles. The van der Waals surface area contributed by atoms with Gasteiger partial charge in [-0.3, -0.25) is 14.5 Å². The summed E-state index contributed by atoms with van der Waals surface area (Å²) < 4.78 is 26.1. The van der Waals surface area contributed by atoms with Crippen LogP contribution in [0.3, 0.4) is 0 Å². The Kier molecular flexibility index (Phi) is 6.74. The number of primary amides is 1. The van der Waals surface area contributed by atoms with Crippen LogP contribution in [0.1, 0.15) is 18.4 Å². The molecule has 1 saturated heterocycles. The van der Waals surface area contributed by atoms with E-state index in [1.165, 1.54) is 19.2 Å². The summed E-state index contributed by atoms with van der Waals surface area (Å²) >= 11 is 0. The number of aryl methyl sites for hydroxylation is 1. The number of likely N-dealkylation sites (tertiary alicyclic amines) is 1. The molecule has 1 aliphatic rings. The summed E-state index contributed by atoms with van der Waals surface area (Å²) in [7, 11) is -2.31. The highest BCUT2D eigenvalue weighted by Crippen LogP contribution is 2.15. The fraction of sp³-hybridized carbons (Fsp3) is 0.529. The molecule has 1 aromatic rings. The summed E-state index contributed by atoms with van der Waals surface area (Å²) in [6.07, 6.45) is 1.40. The minimum absolute atomic E-state index is 0.0258. The van der Waals surface area contributed by atoms with E-state index in [0.29, 0.717) is 25.9 Å². The molecule has 0 atom stereocenters. The molecule has 1 fully saturated rings. The molecule has 9 heteroatoms. The first kappa shape index (κ1) is 20.3. The lowest BCUT2D eigenvalue weighted by Crippen LogP contribution is -2.48. The van der Waals surface area contributed by atoms with E-state index >= 15 is 0 Å². The Morgan fingerprint density at radius 3 is 2.35 bits per heavy atom. The van der Waals surface area contributed by atoms with Crippen molar-refractivity contribution in [3.05, 3.63) is 29.8 Å². The van der Waals surface area contributed by atoms with Gasteiger partial charge in [-0.25, -0.2) is 8.42 Å². The third-order valence-electron chi connectivity index (χ3n) is 4.43. The second kappa shape index (κ2) is 8.61. The number of sulfonamides is 1. The predicted molar refractivity (Wildman–Crippen MR) is 97.8 cm³/mol. The molecule has 26 heavy (non-hydrogen) atoms. The van der Waals surface area contributed by atoms with Crippen LogP contribution < -0.4 is 11.1 Å². The standard InChI is InChI=1S/C17H26N4O4S/c1-13-3-5-15(6-4-13)26(24,25)20(2)12-17(23)19-14-7-9-21(10-8-14)11-16(18)22/h3-6,14H,7-12H2,1-2H3,(H2,18,22)(H,19,23). The average Bonchev–Trinajstić information content (AvgIpc) is 2.56. The highest BCUT2D eigenvalue weighted by molar-refractivity contribution is 7.89. The molecule has 1 aliphatic heterocycles. The molecule has 0 aliphatic carbocycles. The van der Waals surface area contributed by atoms with Gasteiger partial charge in [0.25, 0.3) is 0 Å². The van der Waals surface area contributed by atoms with Gasteiger partial charge in [0.2, 0.25) is 21.8 Å². The monoisotopic (exact) mass is 382 g/mol. The minimum atomic E-state index is -3.70. The van der Waals surface area contributed by atoms with Gasteiger partial charge in [0.05, 0.1) is 18.0 Å². The fourth-order valence-corrected chi connectivity index (χ4v) is 4.03. The van der Waals surface area contributed by atoms with Gasteiger partial charge in [-0.05, 0) is 31.9 Å². The van der Waals surface area contributed by atoms with E-state index in [-0.39, 0.29) is 35.8 Å². The normalized spacial score (nSPS) is 16.6. The molecule has 0 saturated carbocycles. The number of benzene rings is 1. The number of nitrogens with two attached hydrogens (primary N) is 1. The summed E-state index contributed by atoms with van der Waals surface area (Å²) in [5, 5.41) is 2.87. The van der Waals surface area contributed by atoms with E-state index in [2.05, 4.69) is 5.32 Å². The van der Waals surface area contributed by atoms with Crippen molar-refractivity contribution in [2.24, 2.45) is 5.73 Å². The van der Waals surface area contributed by atoms with Crippen LogP contribution in [-0.4, -0.2) is 68.7 Å². The maximum Gasteiger partial charge on any atom is 0.243 e. The summed E-state index contributed by atoms with van der Waals surface area (Å²) in [4.78, 5) is 25.2. The number of amides is 2. The molecule has 0 unspecified atom stereocenters. The van der Waals surface area contributed by atoms with Crippen molar-refractivity contribution in [2.45, 2.75) is 30.7 Å². The van der Waals surface area contributed by atoms with Crippen molar-refractivity contribution in [1.82, 2.24) is 14.5 Å². The molecule has 2 amide bonds. The van der Waals surface area contributed by atoms with Crippen LogP contribution in [0.5, 0.6) is 0 Å². The van der Waals surface area contributed by atoms with Crippen LogP contribution in [0.25, 0.3) is 0 Å². The van der Waals surface area contributed by atoms with E-state index < -0.39 is 10.0 Å². The summed E-state index contributed by atoms with van der Waals surface area (Å²) in [6, 6.07) is 6.49. The van der Waals surface area contributed by atoms with Crippen molar-refractivity contribution in [3.63, 3.8) is 0 Å². The first-order chi connectivity index (χ1) is 12.2. The van der Waals surface area contributed by atoms with E-state index in [4.69, 9.17) is 5.73 Å². The molecule has 3 N–H and O–H groups in total. The molecular formula is C17H26N4O4S. The minimum Gasteiger partial charge on any atom is -0.369 e. The van der Waals surface area contributed by atoms with Gasteiger partial charge in [-0.1, -0.05) is 17.7 Å². The van der Waals surface area contributed by atoms with Crippen LogP contribution in [0, 0.1) is 6.92 Å². The van der Waals surface area contributed by atoms with Gasteiger partial charge in [0, 0.05) is 26.2 Å². The second-order valence-corrected chi connectivity index (χ2v) is 8.70. The Morgan fingerprint density at radius 1 is 1.23 bits per heavy atom. The maximum absolute atomic E-state index is 12.5. The zero-order valence-corrected chi connectivity index (χ0v) is 16.0. The van der Waals surface area contributed by atoms with Gasteiger partial charge >= 0.3 is 0 Å². The number of rotatable bonds is 7. The zero-order valence-electron chi connectivity index (χ0n) is 15.1. The predicted octanol–water partition coefficient (Wildman–Crippen LogP) is -0.319. The number of carbonyl (C=O) groups excluding carboxylic acids is 2. The Balaban J connectivity index is 1.85. The van der Waals surface area contributed by atoms with Crippen LogP contribution in [0.2, 0.25) is 0 Å².